The molecule has 1 aliphatic carbocycles. The molecular formula is C20H24F2N2O3. The summed E-state index contributed by atoms with van der Waals surface area (Å²) in [5.41, 5.74) is 0.508. The summed E-state index contributed by atoms with van der Waals surface area (Å²) < 4.78 is 29.4. The fraction of sp³-hybridized carbons (Fsp3) is 0.600. The largest absolute Gasteiger partial charge is 0.373 e. The van der Waals surface area contributed by atoms with Crippen LogP contribution in [-0.2, 0) is 9.59 Å². The summed E-state index contributed by atoms with van der Waals surface area (Å²) in [5, 5.41) is 12.3. The number of aliphatic hydroxyl groups is 1. The fourth-order valence-electron chi connectivity index (χ4n) is 4.84. The number of hydrogen-bond acceptors (Lipinski definition) is 4. The predicted molar refractivity (Wildman–Crippen MR) is 95.2 cm³/mol. The second kappa shape index (κ2) is 6.86. The van der Waals surface area contributed by atoms with E-state index < -0.39 is 23.8 Å². The predicted octanol–water partition coefficient (Wildman–Crippen LogP) is 2.47. The molecule has 1 aromatic carbocycles. The van der Waals surface area contributed by atoms with Crippen molar-refractivity contribution in [2.45, 2.75) is 50.7 Å². The first kappa shape index (κ1) is 18.3. The molecule has 3 fully saturated rings. The number of anilines is 1. The Morgan fingerprint density at radius 1 is 1.15 bits per heavy atom. The molecule has 146 valence electrons. The van der Waals surface area contributed by atoms with Crippen molar-refractivity contribution in [3.8, 4) is 0 Å². The minimum absolute atomic E-state index is 0.138. The molecule has 2 saturated heterocycles. The highest BCUT2D eigenvalue weighted by Crippen LogP contribution is 2.47. The molecule has 2 unspecified atom stereocenters. The van der Waals surface area contributed by atoms with E-state index in [1.807, 2.05) is 4.90 Å². The summed E-state index contributed by atoms with van der Waals surface area (Å²) in [6, 6.07) is 2.65. The third kappa shape index (κ3) is 3.33. The Labute approximate surface area is 156 Å². The van der Waals surface area contributed by atoms with Gasteiger partial charge in [0, 0.05) is 48.0 Å². The number of benzene rings is 1. The van der Waals surface area contributed by atoms with Crippen LogP contribution in [0.5, 0.6) is 0 Å². The summed E-state index contributed by atoms with van der Waals surface area (Å²) >= 11 is 0. The van der Waals surface area contributed by atoms with E-state index in [9.17, 15) is 23.5 Å². The van der Waals surface area contributed by atoms with Gasteiger partial charge in [0.1, 0.15) is 24.1 Å². The highest BCUT2D eigenvalue weighted by atomic mass is 19.1. The first-order valence-corrected chi connectivity index (χ1v) is 9.57. The highest BCUT2D eigenvalue weighted by molar-refractivity contribution is 5.77. The molecule has 27 heavy (non-hydrogen) atoms. The minimum Gasteiger partial charge on any atom is -0.373 e. The number of hydrogen-bond donors (Lipinski definition) is 2. The summed E-state index contributed by atoms with van der Waals surface area (Å²) in [4.78, 5) is 24.2. The lowest BCUT2D eigenvalue weighted by molar-refractivity contribution is -0.127. The van der Waals surface area contributed by atoms with Gasteiger partial charge in [0.25, 0.3) is 0 Å². The van der Waals surface area contributed by atoms with E-state index >= 15 is 0 Å². The molecule has 1 amide bonds. The van der Waals surface area contributed by atoms with Gasteiger partial charge in [-0.25, -0.2) is 8.78 Å². The third-order valence-corrected chi connectivity index (χ3v) is 6.51. The number of aliphatic hydroxyl groups excluding tert-OH is 1. The van der Waals surface area contributed by atoms with Gasteiger partial charge in [0.15, 0.2) is 0 Å². The Balaban J connectivity index is 1.47. The lowest BCUT2D eigenvalue weighted by Crippen LogP contribution is -2.58. The average Bonchev–Trinajstić information content (AvgIpc) is 2.61. The van der Waals surface area contributed by atoms with E-state index in [1.54, 1.807) is 0 Å². The molecule has 4 rings (SSSR count). The zero-order chi connectivity index (χ0) is 19.2. The zero-order valence-corrected chi connectivity index (χ0v) is 15.1. The van der Waals surface area contributed by atoms with Gasteiger partial charge in [-0.3, -0.25) is 4.79 Å². The molecule has 3 aliphatic rings. The van der Waals surface area contributed by atoms with Crippen molar-refractivity contribution < 1.29 is 23.5 Å². The number of nitrogens with one attached hydrogen (secondary N) is 1. The number of halogens is 2. The van der Waals surface area contributed by atoms with Crippen LogP contribution < -0.4 is 10.2 Å². The van der Waals surface area contributed by atoms with Crippen LogP contribution in [0.3, 0.4) is 0 Å². The molecule has 2 heterocycles. The van der Waals surface area contributed by atoms with Gasteiger partial charge in [-0.05, 0) is 44.2 Å². The molecule has 7 heteroatoms. The number of nitrogens with zero attached hydrogens (tertiary/aromatic N) is 1. The van der Waals surface area contributed by atoms with Crippen LogP contribution >= 0.6 is 0 Å². The maximum absolute atomic E-state index is 14.7. The fourth-order valence-corrected chi connectivity index (χ4v) is 4.84. The first-order valence-electron chi connectivity index (χ1n) is 9.57. The smallest absolute Gasteiger partial charge is 0.222 e. The average molecular weight is 378 g/mol. The van der Waals surface area contributed by atoms with E-state index in [0.29, 0.717) is 5.69 Å². The van der Waals surface area contributed by atoms with Crippen molar-refractivity contribution in [3.05, 3.63) is 29.3 Å². The van der Waals surface area contributed by atoms with Crippen LogP contribution in [0.4, 0.5) is 14.5 Å². The molecule has 0 radical (unpaired) electrons. The van der Waals surface area contributed by atoms with Gasteiger partial charge in [0.05, 0.1) is 0 Å². The SMILES string of the molecule is O=CC1CCC2(CC1)CN(c1cc(F)c(C3CCC(=O)NC3O)c(F)c1)C2. The van der Waals surface area contributed by atoms with Crippen LogP contribution in [-0.4, -0.2) is 36.6 Å². The van der Waals surface area contributed by atoms with Gasteiger partial charge in [-0.1, -0.05) is 0 Å². The van der Waals surface area contributed by atoms with Gasteiger partial charge in [0.2, 0.25) is 5.91 Å². The standard InChI is InChI=1S/C20H24F2N2O3/c21-15-7-13(24-10-20(11-24)5-3-12(9-25)4-6-20)8-16(22)18(15)14-1-2-17(26)23-19(14)27/h7-9,12,14,19,27H,1-6,10-11H2,(H,23,26). The molecule has 1 aromatic rings. The Hall–Kier alpha value is -2.02. The van der Waals surface area contributed by atoms with E-state index in [1.165, 1.54) is 12.1 Å². The molecule has 5 nitrogen and oxygen atoms in total. The second-order valence-corrected chi connectivity index (χ2v) is 8.31. The zero-order valence-electron chi connectivity index (χ0n) is 15.1. The van der Waals surface area contributed by atoms with Gasteiger partial charge < -0.3 is 20.1 Å². The van der Waals surface area contributed by atoms with E-state index in [0.717, 1.165) is 45.1 Å². The van der Waals surface area contributed by atoms with Crippen molar-refractivity contribution in [1.82, 2.24) is 5.32 Å². The lowest BCUT2D eigenvalue weighted by Gasteiger charge is -2.54. The maximum Gasteiger partial charge on any atom is 0.222 e. The van der Waals surface area contributed by atoms with Crippen molar-refractivity contribution in [2.75, 3.05) is 18.0 Å². The highest BCUT2D eigenvalue weighted by Gasteiger charge is 2.45. The van der Waals surface area contributed by atoms with E-state index in [-0.39, 0.29) is 35.6 Å². The van der Waals surface area contributed by atoms with Gasteiger partial charge in [-0.15, -0.1) is 0 Å². The summed E-state index contributed by atoms with van der Waals surface area (Å²) in [6.07, 6.45) is 3.85. The summed E-state index contributed by atoms with van der Waals surface area (Å²) in [6.45, 7) is 1.50. The number of amides is 1. The number of rotatable bonds is 3. The van der Waals surface area contributed by atoms with Crippen molar-refractivity contribution >= 4 is 17.9 Å². The van der Waals surface area contributed by atoms with Crippen molar-refractivity contribution in [2.24, 2.45) is 11.3 Å². The lowest BCUT2D eigenvalue weighted by atomic mass is 9.66. The third-order valence-electron chi connectivity index (χ3n) is 6.51. The second-order valence-electron chi connectivity index (χ2n) is 8.31. The van der Waals surface area contributed by atoms with Crippen LogP contribution in [0.2, 0.25) is 0 Å². The molecule has 2 atom stereocenters. The summed E-state index contributed by atoms with van der Waals surface area (Å²) in [7, 11) is 0. The quantitative estimate of drug-likeness (QED) is 0.793. The van der Waals surface area contributed by atoms with E-state index in [4.69, 9.17) is 0 Å². The topological polar surface area (TPSA) is 69.6 Å². The minimum atomic E-state index is -1.28. The monoisotopic (exact) mass is 378 g/mol. The van der Waals surface area contributed by atoms with Crippen molar-refractivity contribution in [1.29, 1.82) is 0 Å². The van der Waals surface area contributed by atoms with Crippen LogP contribution in [0.1, 0.15) is 50.0 Å². The number of piperidine rings is 1. The normalized spacial score (nSPS) is 28.0. The van der Waals surface area contributed by atoms with E-state index in [2.05, 4.69) is 5.32 Å². The van der Waals surface area contributed by atoms with Crippen molar-refractivity contribution in [3.63, 3.8) is 0 Å². The molecule has 2 aliphatic heterocycles. The molecule has 0 bridgehead atoms. The van der Waals surface area contributed by atoms with Gasteiger partial charge >= 0.3 is 0 Å². The Morgan fingerprint density at radius 3 is 2.33 bits per heavy atom. The maximum atomic E-state index is 14.7. The Bertz CT molecular complexity index is 731. The molecule has 1 spiro atoms. The molecule has 1 saturated carbocycles. The summed E-state index contributed by atoms with van der Waals surface area (Å²) in [5.74, 6) is -2.31. The molecule has 2 N–H and O–H groups in total. The Morgan fingerprint density at radius 2 is 1.78 bits per heavy atom. The van der Waals surface area contributed by atoms with Crippen LogP contribution in [0.15, 0.2) is 12.1 Å². The number of aldehydes is 1. The van der Waals surface area contributed by atoms with Crippen LogP contribution in [0.25, 0.3) is 0 Å². The first-order chi connectivity index (χ1) is 12.9. The Kier molecular flexibility index (Phi) is 4.66. The molecule has 0 aromatic heterocycles. The molecular weight excluding hydrogens is 354 g/mol. The number of carbonyl (C=O) groups excluding carboxylic acids is 2. The van der Waals surface area contributed by atoms with Gasteiger partial charge in [-0.2, -0.15) is 0 Å². The number of carbonyl (C=O) groups is 2. The van der Waals surface area contributed by atoms with Crippen LogP contribution in [0, 0.1) is 23.0 Å².